The molecule has 0 aliphatic rings. The highest BCUT2D eigenvalue weighted by molar-refractivity contribution is 6.60. The molecule has 0 fully saturated rings. The van der Waals surface area contributed by atoms with Gasteiger partial charge in [0.15, 0.2) is 23.1 Å². The molecule has 0 atom stereocenters. The van der Waals surface area contributed by atoms with Crippen molar-refractivity contribution < 1.29 is 23.5 Å². The van der Waals surface area contributed by atoms with Crippen molar-refractivity contribution in [2.45, 2.75) is 12.2 Å². The van der Waals surface area contributed by atoms with E-state index in [9.17, 15) is 9.59 Å². The van der Waals surface area contributed by atoms with E-state index >= 15 is 4.39 Å². The van der Waals surface area contributed by atoms with E-state index in [4.69, 9.17) is 9.47 Å². The van der Waals surface area contributed by atoms with E-state index in [1.807, 2.05) is 30.5 Å². The molecule has 226 valence electrons. The van der Waals surface area contributed by atoms with Crippen LogP contribution in [0.4, 0.5) is 27.4 Å². The minimum atomic E-state index is -0.611. The van der Waals surface area contributed by atoms with Gasteiger partial charge in [0, 0.05) is 44.9 Å². The Hall–Kier alpha value is -5.15. The van der Waals surface area contributed by atoms with Gasteiger partial charge in [-0.15, -0.1) is 20.4 Å². The van der Waals surface area contributed by atoms with E-state index in [1.165, 1.54) is 34.9 Å². The molecule has 0 aliphatic heterocycles. The number of hydrogen-bond acceptors (Lipinski definition) is 11. The molecule has 4 rings (SSSR count). The second kappa shape index (κ2) is 13.0. The number of anilines is 4. The summed E-state index contributed by atoms with van der Waals surface area (Å²) in [5, 5.41) is 29.1. The van der Waals surface area contributed by atoms with Gasteiger partial charge < -0.3 is 30.3 Å². The highest BCUT2D eigenvalue weighted by atomic mass is 19.1. The lowest BCUT2D eigenvalue weighted by Crippen LogP contribution is -2.50. The average molecular weight is 600 g/mol. The standard InChI is InChI=1S/C26H32B3FN10O4/c1-6-44-21-8-7-19(34-36-21)32-20-12-16(22(37-35-20)24(41)33-26(27,28)29)31-17-10-13(30)9-14(23(17)43-5)15-11-18(40(4)38-15)25(42)39(2)3/h7-12H,6,27-29H2,1-5H3,(H,33,41)(H2,31,32,34,35). The predicted molar refractivity (Wildman–Crippen MR) is 171 cm³/mol. The van der Waals surface area contributed by atoms with Crippen LogP contribution >= 0.6 is 0 Å². The third kappa shape index (κ3) is 7.43. The molecule has 0 bridgehead atoms. The Morgan fingerprint density at radius 1 is 1.00 bits per heavy atom. The number of nitrogens with zero attached hydrogens (tertiary/aromatic N) is 7. The van der Waals surface area contributed by atoms with Gasteiger partial charge in [-0.2, -0.15) is 5.10 Å². The van der Waals surface area contributed by atoms with Crippen molar-refractivity contribution in [1.82, 2.24) is 40.4 Å². The van der Waals surface area contributed by atoms with E-state index in [-0.39, 0.29) is 40.1 Å². The lowest BCUT2D eigenvalue weighted by molar-refractivity contribution is 0.0816. The second-order valence-corrected chi connectivity index (χ2v) is 10.9. The third-order valence-electron chi connectivity index (χ3n) is 5.99. The zero-order chi connectivity index (χ0) is 32.2. The third-order valence-corrected chi connectivity index (χ3v) is 5.99. The zero-order valence-corrected chi connectivity index (χ0v) is 25.8. The number of halogens is 1. The molecule has 2 amide bonds. The van der Waals surface area contributed by atoms with E-state index in [0.717, 1.165) is 0 Å². The van der Waals surface area contributed by atoms with Crippen molar-refractivity contribution in [3.05, 3.63) is 53.6 Å². The van der Waals surface area contributed by atoms with Crippen LogP contribution in [0.5, 0.6) is 11.6 Å². The number of carbonyl (C=O) groups is 2. The fraction of sp³-hybridized carbons (Fsp3) is 0.269. The Morgan fingerprint density at radius 2 is 1.73 bits per heavy atom. The maximum atomic E-state index is 15.1. The molecule has 0 saturated carbocycles. The van der Waals surface area contributed by atoms with Gasteiger partial charge in [-0.3, -0.25) is 14.3 Å². The van der Waals surface area contributed by atoms with Gasteiger partial charge in [-0.05, 0) is 30.4 Å². The lowest BCUT2D eigenvalue weighted by Gasteiger charge is -2.22. The topological polar surface area (TPSA) is 161 Å². The zero-order valence-electron chi connectivity index (χ0n) is 25.8. The summed E-state index contributed by atoms with van der Waals surface area (Å²) in [6.45, 7) is 2.28. The van der Waals surface area contributed by atoms with Crippen molar-refractivity contribution in [1.29, 1.82) is 0 Å². The van der Waals surface area contributed by atoms with Gasteiger partial charge >= 0.3 is 0 Å². The summed E-state index contributed by atoms with van der Waals surface area (Å²) in [4.78, 5) is 27.3. The number of carbonyl (C=O) groups excluding carboxylic acids is 2. The van der Waals surface area contributed by atoms with Gasteiger partial charge in [0.05, 0.1) is 30.8 Å². The number of aryl methyl sites for hydroxylation is 1. The normalized spacial score (nSPS) is 11.0. The van der Waals surface area contributed by atoms with Crippen LogP contribution < -0.4 is 25.4 Å². The number of benzene rings is 1. The van der Waals surface area contributed by atoms with E-state index in [0.29, 0.717) is 29.7 Å². The summed E-state index contributed by atoms with van der Waals surface area (Å²) in [5.74, 6) is -0.225. The van der Waals surface area contributed by atoms with Crippen LogP contribution in [0.25, 0.3) is 11.3 Å². The molecule has 3 heterocycles. The van der Waals surface area contributed by atoms with Gasteiger partial charge in [-0.25, -0.2) is 4.39 Å². The van der Waals surface area contributed by atoms with Crippen LogP contribution in [0.2, 0.25) is 0 Å². The molecule has 0 unspecified atom stereocenters. The summed E-state index contributed by atoms with van der Waals surface area (Å²) in [5.41, 5.74) is 1.23. The van der Waals surface area contributed by atoms with Crippen LogP contribution in [0.1, 0.15) is 27.9 Å². The smallest absolute Gasteiger partial charge is 0.272 e. The summed E-state index contributed by atoms with van der Waals surface area (Å²) < 4.78 is 27.6. The first kappa shape index (κ1) is 31.8. The van der Waals surface area contributed by atoms with Crippen LogP contribution in [0.3, 0.4) is 0 Å². The Balaban J connectivity index is 1.77. The fourth-order valence-corrected chi connectivity index (χ4v) is 4.13. The van der Waals surface area contributed by atoms with Crippen molar-refractivity contribution in [3.8, 4) is 22.9 Å². The predicted octanol–water partition coefficient (Wildman–Crippen LogP) is -0.357. The van der Waals surface area contributed by atoms with Crippen molar-refractivity contribution in [3.63, 3.8) is 0 Å². The highest BCUT2D eigenvalue weighted by Crippen LogP contribution is 2.39. The number of hydrogen-bond donors (Lipinski definition) is 3. The first-order chi connectivity index (χ1) is 20.8. The molecule has 1 aromatic carbocycles. The van der Waals surface area contributed by atoms with Gasteiger partial charge in [0.2, 0.25) is 5.88 Å². The van der Waals surface area contributed by atoms with Crippen LogP contribution in [0, 0.1) is 5.82 Å². The van der Waals surface area contributed by atoms with E-state index in [2.05, 4.69) is 41.4 Å². The Labute approximate surface area is 256 Å². The van der Waals surface area contributed by atoms with Gasteiger partial charge in [0.1, 0.15) is 35.0 Å². The molecule has 44 heavy (non-hydrogen) atoms. The highest BCUT2D eigenvalue weighted by Gasteiger charge is 2.24. The number of methoxy groups -OCH3 is 1. The molecule has 3 aromatic heterocycles. The summed E-state index contributed by atoms with van der Waals surface area (Å²) in [7, 11) is 11.8. The largest absolute Gasteiger partial charge is 0.494 e. The molecule has 0 saturated heterocycles. The Bertz CT molecular complexity index is 1680. The van der Waals surface area contributed by atoms with Gasteiger partial charge in [0.25, 0.3) is 11.8 Å². The summed E-state index contributed by atoms with van der Waals surface area (Å²) in [6, 6.07) is 8.85. The van der Waals surface area contributed by atoms with E-state index < -0.39 is 17.0 Å². The van der Waals surface area contributed by atoms with Crippen molar-refractivity contribution in [2.24, 2.45) is 7.05 Å². The number of aromatic nitrogens is 6. The molecule has 0 aliphatic carbocycles. The number of nitrogens with one attached hydrogen (secondary N) is 3. The summed E-state index contributed by atoms with van der Waals surface area (Å²) >= 11 is 0. The van der Waals surface area contributed by atoms with Crippen molar-refractivity contribution in [2.75, 3.05) is 38.4 Å². The number of ether oxygens (including phenoxy) is 2. The SMILES string of the molecule is BC(B)(B)NC(=O)c1nnc(Nc2ccc(OCC)nn2)cc1Nc1cc(F)cc(-c2cc(C(=O)N(C)C)n(C)n2)c1OC. The van der Waals surface area contributed by atoms with E-state index in [1.54, 1.807) is 39.3 Å². The average Bonchev–Trinajstić information content (AvgIpc) is 3.34. The monoisotopic (exact) mass is 600 g/mol. The maximum absolute atomic E-state index is 15.1. The first-order valence-corrected chi connectivity index (χ1v) is 13.6. The first-order valence-electron chi connectivity index (χ1n) is 13.6. The van der Waals surface area contributed by atoms with Crippen molar-refractivity contribution >= 4 is 58.4 Å². The Morgan fingerprint density at radius 3 is 2.34 bits per heavy atom. The fourth-order valence-electron chi connectivity index (χ4n) is 4.13. The van der Waals surface area contributed by atoms with Crippen LogP contribution in [-0.4, -0.2) is 103 Å². The molecule has 4 aromatic rings. The molecular weight excluding hydrogens is 568 g/mol. The minimum Gasteiger partial charge on any atom is -0.494 e. The minimum absolute atomic E-state index is 0.0483. The van der Waals surface area contributed by atoms with Crippen LogP contribution in [-0.2, 0) is 7.05 Å². The summed E-state index contributed by atoms with van der Waals surface area (Å²) in [6.07, 6.45) is 0. The number of amides is 2. The molecule has 0 radical (unpaired) electrons. The number of rotatable bonds is 11. The molecule has 18 heteroatoms. The second-order valence-electron chi connectivity index (χ2n) is 10.9. The quantitative estimate of drug-likeness (QED) is 0.193. The van der Waals surface area contributed by atoms with Gasteiger partial charge in [-0.1, -0.05) is 0 Å². The molecule has 14 nitrogen and oxygen atoms in total. The molecular formula is C26H32B3FN10O4. The maximum Gasteiger partial charge on any atom is 0.272 e. The Kier molecular flexibility index (Phi) is 9.40. The molecule has 0 spiro atoms. The van der Waals surface area contributed by atoms with Crippen LogP contribution in [0.15, 0.2) is 36.4 Å². The lowest BCUT2D eigenvalue weighted by atomic mass is 9.49. The molecule has 3 N–H and O–H groups in total.